The highest BCUT2D eigenvalue weighted by molar-refractivity contribution is 14.0. The van der Waals surface area contributed by atoms with Crippen LogP contribution in [0, 0.1) is 0 Å². The summed E-state index contributed by atoms with van der Waals surface area (Å²) in [5, 5.41) is 6.58. The van der Waals surface area contributed by atoms with Crippen LogP contribution >= 0.6 is 24.0 Å². The maximum Gasteiger partial charge on any atom is 0.410 e. The van der Waals surface area contributed by atoms with Gasteiger partial charge in [0.2, 0.25) is 5.91 Å². The molecule has 2 amide bonds. The minimum absolute atomic E-state index is 0. The summed E-state index contributed by atoms with van der Waals surface area (Å²) in [6, 6.07) is 0.0776. The number of rotatable bonds is 5. The monoisotopic (exact) mass is 497 g/mol. The lowest BCUT2D eigenvalue weighted by Gasteiger charge is -2.35. The van der Waals surface area contributed by atoms with Crippen molar-refractivity contribution in [2.24, 2.45) is 4.99 Å². The number of nitrogens with one attached hydrogen (secondary N) is 2. The molecular weight excluding hydrogens is 461 g/mol. The summed E-state index contributed by atoms with van der Waals surface area (Å²) in [5.74, 6) is 0.555. The van der Waals surface area contributed by atoms with Gasteiger partial charge in [-0.1, -0.05) is 6.92 Å². The first-order valence-corrected chi connectivity index (χ1v) is 9.35. The largest absolute Gasteiger partial charge is 0.444 e. The Morgan fingerprint density at radius 2 is 1.96 bits per heavy atom. The predicted octanol–water partition coefficient (Wildman–Crippen LogP) is 2.04. The van der Waals surface area contributed by atoms with Gasteiger partial charge in [-0.15, -0.1) is 24.0 Å². The van der Waals surface area contributed by atoms with Gasteiger partial charge in [-0.05, 0) is 40.0 Å². The number of aliphatic imine (C=N–C) groups is 1. The Morgan fingerprint density at radius 3 is 2.52 bits per heavy atom. The van der Waals surface area contributed by atoms with Gasteiger partial charge in [0.15, 0.2) is 5.96 Å². The maximum absolute atomic E-state index is 12.3. The number of nitrogens with zero attached hydrogens (tertiary/aromatic N) is 3. The lowest BCUT2D eigenvalue weighted by atomic mass is 10.1. The Morgan fingerprint density at radius 1 is 1.30 bits per heavy atom. The van der Waals surface area contributed by atoms with Gasteiger partial charge in [-0.25, -0.2) is 9.79 Å². The van der Waals surface area contributed by atoms with E-state index in [0.717, 1.165) is 25.8 Å². The Balaban J connectivity index is 0.00000676. The summed E-state index contributed by atoms with van der Waals surface area (Å²) in [6.07, 6.45) is 2.51. The molecule has 1 saturated heterocycles. The Bertz CT molecular complexity index is 506. The highest BCUT2D eigenvalue weighted by Crippen LogP contribution is 2.15. The summed E-state index contributed by atoms with van der Waals surface area (Å²) in [5.41, 5.74) is -0.501. The van der Waals surface area contributed by atoms with Crippen LogP contribution < -0.4 is 10.6 Å². The highest BCUT2D eigenvalue weighted by atomic mass is 127. The van der Waals surface area contributed by atoms with Crippen LogP contribution in [0.15, 0.2) is 4.99 Å². The number of likely N-dealkylation sites (tertiary alicyclic amines) is 1. The molecule has 1 unspecified atom stereocenters. The second kappa shape index (κ2) is 12.2. The average molecular weight is 497 g/mol. The average Bonchev–Trinajstić information content (AvgIpc) is 2.55. The summed E-state index contributed by atoms with van der Waals surface area (Å²) in [7, 11) is 3.43. The van der Waals surface area contributed by atoms with E-state index in [4.69, 9.17) is 4.74 Å². The van der Waals surface area contributed by atoms with E-state index in [0.29, 0.717) is 19.0 Å². The second-order valence-corrected chi connectivity index (χ2v) is 7.79. The number of hydrogen-bond acceptors (Lipinski definition) is 4. The fraction of sp³-hybridized carbons (Fsp3) is 0.833. The summed E-state index contributed by atoms with van der Waals surface area (Å²) >= 11 is 0. The van der Waals surface area contributed by atoms with Gasteiger partial charge in [0.05, 0.1) is 0 Å². The van der Waals surface area contributed by atoms with Crippen LogP contribution in [-0.4, -0.2) is 79.7 Å². The topological polar surface area (TPSA) is 86.3 Å². The fourth-order valence-electron chi connectivity index (χ4n) is 2.46. The molecule has 8 nitrogen and oxygen atoms in total. The quantitative estimate of drug-likeness (QED) is 0.345. The fourth-order valence-corrected chi connectivity index (χ4v) is 2.46. The third-order valence-electron chi connectivity index (χ3n) is 3.83. The van der Waals surface area contributed by atoms with Crippen molar-refractivity contribution < 1.29 is 14.3 Å². The first kappa shape index (κ1) is 25.7. The molecule has 1 heterocycles. The molecule has 0 saturated carbocycles. The van der Waals surface area contributed by atoms with Gasteiger partial charge in [0.25, 0.3) is 0 Å². The van der Waals surface area contributed by atoms with Gasteiger partial charge in [-0.2, -0.15) is 0 Å². The second-order valence-electron chi connectivity index (χ2n) is 7.79. The number of piperidine rings is 1. The number of carbonyl (C=O) groups is 2. The number of hydrogen-bond donors (Lipinski definition) is 2. The normalized spacial score (nSPS) is 17.6. The smallest absolute Gasteiger partial charge is 0.410 e. The summed E-state index contributed by atoms with van der Waals surface area (Å²) in [4.78, 5) is 31.7. The molecule has 1 aliphatic heterocycles. The number of carbonyl (C=O) groups excluding carboxylic acids is 2. The molecule has 1 atom stereocenters. The maximum atomic E-state index is 12.3. The van der Waals surface area contributed by atoms with Crippen molar-refractivity contribution >= 4 is 41.9 Å². The highest BCUT2D eigenvalue weighted by Gasteiger charge is 2.28. The van der Waals surface area contributed by atoms with E-state index in [1.807, 2.05) is 20.8 Å². The van der Waals surface area contributed by atoms with Gasteiger partial charge in [0, 0.05) is 39.8 Å². The molecule has 0 radical (unpaired) electrons. The minimum atomic E-state index is -0.501. The van der Waals surface area contributed by atoms with E-state index in [1.54, 1.807) is 19.0 Å². The Kier molecular flexibility index (Phi) is 11.7. The van der Waals surface area contributed by atoms with Crippen LogP contribution in [0.1, 0.15) is 47.0 Å². The summed E-state index contributed by atoms with van der Waals surface area (Å²) in [6.45, 7) is 9.78. The molecule has 1 fully saturated rings. The first-order valence-electron chi connectivity index (χ1n) is 9.35. The van der Waals surface area contributed by atoms with Gasteiger partial charge in [0.1, 0.15) is 12.1 Å². The SMILES string of the molecule is CCCNC(=NCC(=O)N(C)C)NC1CCCN(C(=O)OC(C)(C)C)C1.I. The van der Waals surface area contributed by atoms with Crippen molar-refractivity contribution in [3.8, 4) is 0 Å². The van der Waals surface area contributed by atoms with Crippen molar-refractivity contribution in [1.29, 1.82) is 0 Å². The molecule has 27 heavy (non-hydrogen) atoms. The van der Waals surface area contributed by atoms with Crippen LogP contribution in [0.3, 0.4) is 0 Å². The van der Waals surface area contributed by atoms with Gasteiger partial charge < -0.3 is 25.2 Å². The zero-order valence-corrected chi connectivity index (χ0v) is 19.8. The Labute approximate surface area is 180 Å². The number of guanidine groups is 1. The lowest BCUT2D eigenvalue weighted by molar-refractivity contribution is -0.127. The zero-order chi connectivity index (χ0) is 19.7. The van der Waals surface area contributed by atoms with Crippen molar-refractivity contribution in [2.45, 2.75) is 58.6 Å². The predicted molar refractivity (Wildman–Crippen MR) is 119 cm³/mol. The zero-order valence-electron chi connectivity index (χ0n) is 17.5. The van der Waals surface area contributed by atoms with E-state index in [1.165, 1.54) is 4.90 Å². The van der Waals surface area contributed by atoms with Crippen LogP contribution in [0.5, 0.6) is 0 Å². The van der Waals surface area contributed by atoms with Crippen molar-refractivity contribution in [1.82, 2.24) is 20.4 Å². The number of ether oxygens (including phenoxy) is 1. The molecule has 0 bridgehead atoms. The van der Waals surface area contributed by atoms with E-state index >= 15 is 0 Å². The number of amides is 2. The molecule has 1 rings (SSSR count). The minimum Gasteiger partial charge on any atom is -0.444 e. The molecule has 1 aliphatic rings. The van der Waals surface area contributed by atoms with Crippen LogP contribution in [0.2, 0.25) is 0 Å². The van der Waals surface area contributed by atoms with E-state index in [-0.39, 0.29) is 48.6 Å². The molecule has 2 N–H and O–H groups in total. The van der Waals surface area contributed by atoms with E-state index in [9.17, 15) is 9.59 Å². The van der Waals surface area contributed by atoms with Crippen molar-refractivity contribution in [3.05, 3.63) is 0 Å². The Hall–Kier alpha value is -1.26. The molecule has 0 aromatic heterocycles. The van der Waals surface area contributed by atoms with Crippen molar-refractivity contribution in [3.63, 3.8) is 0 Å². The lowest BCUT2D eigenvalue weighted by Crippen LogP contribution is -2.53. The number of halogens is 1. The molecule has 0 aliphatic carbocycles. The molecule has 158 valence electrons. The van der Waals surface area contributed by atoms with Crippen LogP contribution in [0.25, 0.3) is 0 Å². The molecular formula is C18H36IN5O3. The van der Waals surface area contributed by atoms with Crippen molar-refractivity contribution in [2.75, 3.05) is 40.3 Å². The molecule has 0 spiro atoms. The van der Waals surface area contributed by atoms with Crippen LogP contribution in [-0.2, 0) is 9.53 Å². The standard InChI is InChI=1S/C18H35N5O3.HI/c1-7-10-19-16(20-12-15(24)22(5)6)21-14-9-8-11-23(13-14)17(25)26-18(2,3)4;/h14H,7-13H2,1-6H3,(H2,19,20,21);1H. The van der Waals surface area contributed by atoms with Crippen LogP contribution in [0.4, 0.5) is 4.79 Å². The van der Waals surface area contributed by atoms with Gasteiger partial charge >= 0.3 is 6.09 Å². The summed E-state index contributed by atoms with van der Waals surface area (Å²) < 4.78 is 5.46. The third kappa shape index (κ3) is 10.6. The molecule has 9 heteroatoms. The van der Waals surface area contributed by atoms with E-state index in [2.05, 4.69) is 22.5 Å². The molecule has 0 aromatic rings. The number of likely N-dealkylation sites (N-methyl/N-ethyl adjacent to an activating group) is 1. The first-order chi connectivity index (χ1) is 12.1. The van der Waals surface area contributed by atoms with E-state index < -0.39 is 5.60 Å². The third-order valence-corrected chi connectivity index (χ3v) is 3.83. The van der Waals surface area contributed by atoms with Gasteiger partial charge in [-0.3, -0.25) is 4.79 Å². The molecule has 0 aromatic carbocycles.